The summed E-state index contributed by atoms with van der Waals surface area (Å²) in [6.07, 6.45) is 2.78. The van der Waals surface area contributed by atoms with Crippen molar-refractivity contribution in [2.75, 3.05) is 6.54 Å². The second kappa shape index (κ2) is 7.30. The van der Waals surface area contributed by atoms with Gasteiger partial charge in [0.25, 0.3) is 5.91 Å². The first-order valence-corrected chi connectivity index (χ1v) is 8.80. The summed E-state index contributed by atoms with van der Waals surface area (Å²) in [5, 5.41) is 13.6. The highest BCUT2D eigenvalue weighted by atomic mass is 16.5. The minimum absolute atomic E-state index is 0.0718. The maximum absolute atomic E-state index is 13.1. The highest BCUT2D eigenvalue weighted by Crippen LogP contribution is 2.31. The summed E-state index contributed by atoms with van der Waals surface area (Å²) in [6.45, 7) is 5.68. The van der Waals surface area contributed by atoms with Gasteiger partial charge in [-0.3, -0.25) is 4.79 Å². The Morgan fingerprint density at radius 2 is 2.19 bits per heavy atom. The van der Waals surface area contributed by atoms with Gasteiger partial charge >= 0.3 is 0 Å². The minimum atomic E-state index is -1.08. The molecule has 1 unspecified atom stereocenters. The largest absolute Gasteiger partial charge is 0.378 e. The molecule has 0 radical (unpaired) electrons. The van der Waals surface area contributed by atoms with Crippen molar-refractivity contribution in [1.82, 2.24) is 15.0 Å². The van der Waals surface area contributed by atoms with Crippen molar-refractivity contribution in [3.05, 3.63) is 47.1 Å². The first-order chi connectivity index (χ1) is 12.3. The second-order valence-corrected chi connectivity index (χ2v) is 7.08. The van der Waals surface area contributed by atoms with Gasteiger partial charge in [-0.05, 0) is 58.2 Å². The van der Waals surface area contributed by atoms with Gasteiger partial charge < -0.3 is 14.5 Å². The molecule has 2 heterocycles. The third-order valence-corrected chi connectivity index (χ3v) is 4.21. The molecular weight excluding hydrogens is 330 g/mol. The lowest BCUT2D eigenvalue weighted by Crippen LogP contribution is -2.38. The Morgan fingerprint density at radius 1 is 1.38 bits per heavy atom. The van der Waals surface area contributed by atoms with Gasteiger partial charge in [0.05, 0.1) is 0 Å². The fraction of sp³-hybridized carbons (Fsp3) is 0.450. The smallest absolute Gasteiger partial charge is 0.254 e. The van der Waals surface area contributed by atoms with Crippen molar-refractivity contribution in [3.63, 3.8) is 0 Å². The molecule has 0 aliphatic carbocycles. The molecule has 3 rings (SSSR count). The summed E-state index contributed by atoms with van der Waals surface area (Å²) in [4.78, 5) is 19.2. The van der Waals surface area contributed by atoms with Crippen molar-refractivity contribution in [1.29, 1.82) is 0 Å². The predicted octanol–water partition coefficient (Wildman–Crippen LogP) is 2.87. The molecule has 1 fully saturated rings. The Labute approximate surface area is 153 Å². The van der Waals surface area contributed by atoms with Crippen LogP contribution >= 0.6 is 0 Å². The van der Waals surface area contributed by atoms with E-state index in [2.05, 4.69) is 22.0 Å². The highest BCUT2D eigenvalue weighted by molar-refractivity contribution is 5.94. The standard InChI is InChI=1S/C20H23N3O3/c1-14-21-18(26-22-14)17-9-4-5-12-23(17)19(24)16-8-6-7-15(13-16)10-11-20(2,3)25/h6-8,13,17,25H,4-5,9,12H2,1-3H3. The number of rotatable bonds is 2. The maximum Gasteiger partial charge on any atom is 0.254 e. The number of hydrogen-bond donors (Lipinski definition) is 1. The van der Waals surface area contributed by atoms with Crippen molar-refractivity contribution in [3.8, 4) is 11.8 Å². The lowest BCUT2D eigenvalue weighted by molar-refractivity contribution is 0.0561. The van der Waals surface area contributed by atoms with Gasteiger partial charge in [0, 0.05) is 17.7 Å². The van der Waals surface area contributed by atoms with Gasteiger partial charge in [0.15, 0.2) is 5.82 Å². The third-order valence-electron chi connectivity index (χ3n) is 4.21. The highest BCUT2D eigenvalue weighted by Gasteiger charge is 2.32. The molecule has 136 valence electrons. The summed E-state index contributed by atoms with van der Waals surface area (Å²) in [6, 6.07) is 6.97. The number of aryl methyl sites for hydroxylation is 1. The van der Waals surface area contributed by atoms with Crippen LogP contribution in [0, 0.1) is 18.8 Å². The van der Waals surface area contributed by atoms with E-state index in [0.717, 1.165) is 19.3 Å². The Hall–Kier alpha value is -2.65. The monoisotopic (exact) mass is 353 g/mol. The Kier molecular flexibility index (Phi) is 5.10. The fourth-order valence-electron chi connectivity index (χ4n) is 3.00. The average molecular weight is 353 g/mol. The normalized spacial score (nSPS) is 17.5. The molecule has 1 aromatic carbocycles. The Balaban J connectivity index is 1.86. The molecule has 26 heavy (non-hydrogen) atoms. The van der Waals surface area contributed by atoms with Crippen LogP contribution in [0.25, 0.3) is 0 Å². The summed E-state index contributed by atoms with van der Waals surface area (Å²) < 4.78 is 5.31. The number of aromatic nitrogens is 2. The van der Waals surface area contributed by atoms with Crippen LogP contribution in [0.2, 0.25) is 0 Å². The van der Waals surface area contributed by atoms with Crippen molar-refractivity contribution < 1.29 is 14.4 Å². The molecule has 1 saturated heterocycles. The molecule has 6 heteroatoms. The van der Waals surface area contributed by atoms with Crippen LogP contribution in [0.1, 0.15) is 66.8 Å². The third kappa shape index (κ3) is 4.30. The maximum atomic E-state index is 13.1. The molecule has 1 atom stereocenters. The number of likely N-dealkylation sites (tertiary alicyclic amines) is 1. The Morgan fingerprint density at radius 3 is 2.88 bits per heavy atom. The number of aliphatic hydroxyl groups is 1. The molecule has 1 N–H and O–H groups in total. The molecule has 0 bridgehead atoms. The first-order valence-electron chi connectivity index (χ1n) is 8.80. The van der Waals surface area contributed by atoms with Gasteiger partial charge in [-0.15, -0.1) is 0 Å². The summed E-state index contributed by atoms with van der Waals surface area (Å²) in [5.74, 6) is 6.68. The molecule has 0 spiro atoms. The Bertz CT molecular complexity index is 855. The molecule has 1 aromatic heterocycles. The van der Waals surface area contributed by atoms with Crippen LogP contribution in [0.3, 0.4) is 0 Å². The number of nitrogens with zero attached hydrogens (tertiary/aromatic N) is 3. The number of carbonyl (C=O) groups excluding carboxylic acids is 1. The van der Waals surface area contributed by atoms with Crippen LogP contribution in [0.15, 0.2) is 28.8 Å². The van der Waals surface area contributed by atoms with Crippen molar-refractivity contribution in [2.24, 2.45) is 0 Å². The topological polar surface area (TPSA) is 79.5 Å². The van der Waals surface area contributed by atoms with Gasteiger partial charge in [0.2, 0.25) is 5.89 Å². The lowest BCUT2D eigenvalue weighted by Gasteiger charge is -2.33. The van der Waals surface area contributed by atoms with Crippen molar-refractivity contribution >= 4 is 5.91 Å². The van der Waals surface area contributed by atoms with E-state index in [-0.39, 0.29) is 11.9 Å². The molecule has 0 saturated carbocycles. The summed E-state index contributed by atoms with van der Waals surface area (Å²) in [5.41, 5.74) is 0.184. The number of benzene rings is 1. The number of piperidine rings is 1. The second-order valence-electron chi connectivity index (χ2n) is 7.08. The lowest BCUT2D eigenvalue weighted by atomic mass is 10.00. The zero-order valence-corrected chi connectivity index (χ0v) is 15.3. The van der Waals surface area contributed by atoms with E-state index in [4.69, 9.17) is 4.52 Å². The van der Waals surface area contributed by atoms with E-state index >= 15 is 0 Å². The number of amides is 1. The minimum Gasteiger partial charge on any atom is -0.378 e. The average Bonchev–Trinajstić information content (AvgIpc) is 3.05. The van der Waals surface area contributed by atoms with E-state index in [9.17, 15) is 9.90 Å². The summed E-state index contributed by atoms with van der Waals surface area (Å²) >= 11 is 0. The fourth-order valence-corrected chi connectivity index (χ4v) is 3.00. The zero-order chi connectivity index (χ0) is 18.7. The number of carbonyl (C=O) groups is 1. The molecule has 1 aliphatic heterocycles. The van der Waals surface area contributed by atoms with E-state index in [0.29, 0.717) is 29.4 Å². The number of hydrogen-bond acceptors (Lipinski definition) is 5. The molecule has 6 nitrogen and oxygen atoms in total. The van der Waals surface area contributed by atoms with Crippen LogP contribution in [0.4, 0.5) is 0 Å². The molecule has 1 aliphatic rings. The molecule has 2 aromatic rings. The van der Waals surface area contributed by atoms with Crippen LogP contribution in [-0.4, -0.2) is 38.2 Å². The van der Waals surface area contributed by atoms with Gasteiger partial charge in [-0.1, -0.05) is 23.1 Å². The first kappa shape index (κ1) is 18.2. The molecule has 1 amide bonds. The van der Waals surface area contributed by atoms with Gasteiger partial charge in [-0.25, -0.2) is 0 Å². The predicted molar refractivity (Wildman–Crippen MR) is 96.3 cm³/mol. The zero-order valence-electron chi connectivity index (χ0n) is 15.3. The van der Waals surface area contributed by atoms with Crippen LogP contribution in [0.5, 0.6) is 0 Å². The van der Waals surface area contributed by atoms with Gasteiger partial charge in [-0.2, -0.15) is 4.98 Å². The van der Waals surface area contributed by atoms with Crippen LogP contribution < -0.4 is 0 Å². The van der Waals surface area contributed by atoms with E-state index in [1.54, 1.807) is 43.9 Å². The molecular formula is C20H23N3O3. The quantitative estimate of drug-likeness (QED) is 0.840. The van der Waals surface area contributed by atoms with Crippen molar-refractivity contribution in [2.45, 2.75) is 51.7 Å². The van der Waals surface area contributed by atoms with E-state index in [1.165, 1.54) is 0 Å². The summed E-state index contributed by atoms with van der Waals surface area (Å²) in [7, 11) is 0. The van der Waals surface area contributed by atoms with Gasteiger partial charge in [0.1, 0.15) is 11.6 Å². The van der Waals surface area contributed by atoms with Crippen LogP contribution in [-0.2, 0) is 0 Å². The van der Waals surface area contributed by atoms with E-state index in [1.807, 2.05) is 6.07 Å². The SMILES string of the molecule is Cc1noc(C2CCCCN2C(=O)c2cccc(C#CC(C)(C)O)c2)n1. The van der Waals surface area contributed by atoms with E-state index < -0.39 is 5.60 Å².